The van der Waals surface area contributed by atoms with E-state index in [0.717, 1.165) is 89.9 Å². The maximum atomic E-state index is 12.1. The quantitative estimate of drug-likeness (QED) is 0.0240. The van der Waals surface area contributed by atoms with Crippen LogP contribution in [0.25, 0.3) is 0 Å². The molecule has 0 saturated heterocycles. The van der Waals surface area contributed by atoms with E-state index in [4.69, 9.17) is 13.8 Å². The van der Waals surface area contributed by atoms with Gasteiger partial charge in [-0.2, -0.15) is 0 Å². The summed E-state index contributed by atoms with van der Waals surface area (Å²) in [6, 6.07) is 0. The number of ether oxygens (including phenoxy) is 1. The third-order valence-corrected chi connectivity index (χ3v) is 10.3. The third-order valence-electron chi connectivity index (χ3n) is 9.31. The number of carbonyl (C=O) groups excluding carboxylic acids is 2. The van der Waals surface area contributed by atoms with Crippen LogP contribution in [0.5, 0.6) is 0 Å². The number of carbonyl (C=O) groups is 2. The van der Waals surface area contributed by atoms with Gasteiger partial charge in [0.25, 0.3) is 0 Å². The standard InChI is InChI=1S/C49H84NO8P/c1-3-5-7-9-11-13-15-17-19-21-23-25-27-29-31-33-35-37-39-41-48(52)50-43-44-57-59(54,55)58-46-47(51)45-56-49(53)42-40-38-36-34-32-30-28-26-24-22-20-18-16-14-12-10-8-6-4-2/h5,7,11-14,17-20,23,25,29,31,47,51H,3-4,6,8-10,15-16,21-22,24,26-28,30,32-46H2,1-2H3,(H,50,52)(H,54,55)/b7-5-,13-11-,14-12-,19-17-,20-18-,25-23-,31-29-. The van der Waals surface area contributed by atoms with Crippen molar-refractivity contribution in [3.05, 3.63) is 85.1 Å². The minimum absolute atomic E-state index is 0.0584. The Bertz CT molecular complexity index is 1240. The van der Waals surface area contributed by atoms with Gasteiger partial charge in [-0.05, 0) is 89.9 Å². The number of nitrogens with one attached hydrogen (secondary N) is 1. The second-order valence-corrected chi connectivity index (χ2v) is 16.4. The molecule has 0 aromatic heterocycles. The van der Waals surface area contributed by atoms with Gasteiger partial charge in [-0.15, -0.1) is 0 Å². The average molecular weight is 846 g/mol. The Balaban J connectivity index is 3.66. The first-order valence-corrected chi connectivity index (χ1v) is 24.6. The van der Waals surface area contributed by atoms with E-state index in [2.05, 4.69) is 104 Å². The van der Waals surface area contributed by atoms with Crippen LogP contribution in [0.4, 0.5) is 0 Å². The molecular weight excluding hydrogens is 762 g/mol. The zero-order valence-electron chi connectivity index (χ0n) is 37.2. The monoisotopic (exact) mass is 846 g/mol. The van der Waals surface area contributed by atoms with Crippen molar-refractivity contribution in [1.82, 2.24) is 5.32 Å². The van der Waals surface area contributed by atoms with Gasteiger partial charge in [0.2, 0.25) is 5.91 Å². The summed E-state index contributed by atoms with van der Waals surface area (Å²) in [4.78, 5) is 34.0. The highest BCUT2D eigenvalue weighted by Crippen LogP contribution is 2.42. The van der Waals surface area contributed by atoms with E-state index in [-0.39, 0.29) is 32.1 Å². The summed E-state index contributed by atoms with van der Waals surface area (Å²) in [6.45, 7) is 3.36. The van der Waals surface area contributed by atoms with E-state index >= 15 is 0 Å². The van der Waals surface area contributed by atoms with E-state index in [1.807, 2.05) is 0 Å². The molecule has 0 aliphatic heterocycles. The Labute approximate surface area is 360 Å². The maximum Gasteiger partial charge on any atom is 0.472 e. The van der Waals surface area contributed by atoms with Crippen LogP contribution in [-0.2, 0) is 27.9 Å². The largest absolute Gasteiger partial charge is 0.472 e. The van der Waals surface area contributed by atoms with Crippen molar-refractivity contribution in [2.24, 2.45) is 0 Å². The first kappa shape index (κ1) is 56.2. The normalized spacial score (nSPS) is 14.0. The zero-order valence-corrected chi connectivity index (χ0v) is 38.1. The summed E-state index contributed by atoms with van der Waals surface area (Å²) >= 11 is 0. The fourth-order valence-electron chi connectivity index (χ4n) is 5.85. The van der Waals surface area contributed by atoms with Crippen LogP contribution in [0.2, 0.25) is 0 Å². The summed E-state index contributed by atoms with van der Waals surface area (Å²) in [5.74, 6) is -0.558. The lowest BCUT2D eigenvalue weighted by atomic mass is 10.1. The van der Waals surface area contributed by atoms with Crippen LogP contribution in [0, 0.1) is 0 Å². The van der Waals surface area contributed by atoms with Gasteiger partial charge in [-0.25, -0.2) is 4.57 Å². The molecule has 338 valence electrons. The number of hydrogen-bond acceptors (Lipinski definition) is 7. The maximum absolute atomic E-state index is 12.1. The van der Waals surface area contributed by atoms with E-state index < -0.39 is 26.5 Å². The van der Waals surface area contributed by atoms with Crippen LogP contribution in [0.15, 0.2) is 85.1 Å². The van der Waals surface area contributed by atoms with Crippen molar-refractivity contribution in [1.29, 1.82) is 0 Å². The molecule has 2 unspecified atom stereocenters. The molecule has 0 aromatic rings. The molecule has 0 radical (unpaired) electrons. The SMILES string of the molecule is CC/C=C\C/C=C\C/C=C\C/C=C\C/C=C\CCCCCC(=O)NCCOP(=O)(O)OCC(O)COC(=O)CCCCCCCCCCC/C=C\C/C=C\CCCCC. The van der Waals surface area contributed by atoms with Crippen molar-refractivity contribution in [3.8, 4) is 0 Å². The molecular formula is C49H84NO8P. The van der Waals surface area contributed by atoms with Crippen LogP contribution < -0.4 is 5.32 Å². The van der Waals surface area contributed by atoms with Gasteiger partial charge in [-0.3, -0.25) is 18.6 Å². The van der Waals surface area contributed by atoms with E-state index in [0.29, 0.717) is 6.42 Å². The minimum Gasteiger partial charge on any atom is -0.463 e. The molecule has 2 atom stereocenters. The van der Waals surface area contributed by atoms with Gasteiger partial charge in [0.1, 0.15) is 12.7 Å². The van der Waals surface area contributed by atoms with Crippen molar-refractivity contribution in [2.75, 3.05) is 26.4 Å². The Morgan fingerprint density at radius 1 is 0.542 bits per heavy atom. The molecule has 0 bridgehead atoms. The predicted octanol–water partition coefficient (Wildman–Crippen LogP) is 13.2. The second kappa shape index (κ2) is 44.7. The third kappa shape index (κ3) is 46.1. The Morgan fingerprint density at radius 3 is 1.47 bits per heavy atom. The van der Waals surface area contributed by atoms with Crippen molar-refractivity contribution in [3.63, 3.8) is 0 Å². The Hall–Kier alpha value is -2.81. The number of aliphatic hydroxyl groups excluding tert-OH is 1. The van der Waals surface area contributed by atoms with Gasteiger partial charge >= 0.3 is 13.8 Å². The molecule has 0 spiro atoms. The number of phosphoric ester groups is 1. The van der Waals surface area contributed by atoms with E-state index in [1.165, 1.54) is 64.2 Å². The van der Waals surface area contributed by atoms with Crippen LogP contribution in [0.1, 0.15) is 181 Å². The molecule has 1 amide bonds. The zero-order chi connectivity index (χ0) is 43.2. The molecule has 0 rings (SSSR count). The number of hydrogen-bond donors (Lipinski definition) is 3. The first-order valence-electron chi connectivity index (χ1n) is 23.1. The number of allylic oxidation sites excluding steroid dienone is 14. The van der Waals surface area contributed by atoms with Gasteiger partial charge in [-0.1, -0.05) is 163 Å². The molecule has 0 aliphatic carbocycles. The highest BCUT2D eigenvalue weighted by molar-refractivity contribution is 7.47. The lowest BCUT2D eigenvalue weighted by Crippen LogP contribution is -2.27. The highest BCUT2D eigenvalue weighted by atomic mass is 31.2. The van der Waals surface area contributed by atoms with Crippen molar-refractivity contribution in [2.45, 2.75) is 187 Å². The van der Waals surface area contributed by atoms with Crippen molar-refractivity contribution >= 4 is 19.7 Å². The highest BCUT2D eigenvalue weighted by Gasteiger charge is 2.23. The van der Waals surface area contributed by atoms with Gasteiger partial charge < -0.3 is 20.1 Å². The van der Waals surface area contributed by atoms with Crippen LogP contribution >= 0.6 is 7.82 Å². The minimum atomic E-state index is -4.44. The van der Waals surface area contributed by atoms with E-state index in [1.54, 1.807) is 0 Å². The molecule has 0 heterocycles. The second-order valence-electron chi connectivity index (χ2n) is 15.0. The molecule has 0 saturated carbocycles. The summed E-state index contributed by atoms with van der Waals surface area (Å²) in [7, 11) is -4.44. The van der Waals surface area contributed by atoms with Gasteiger partial charge in [0.05, 0.1) is 13.2 Å². The number of esters is 1. The summed E-state index contributed by atoms with van der Waals surface area (Å²) in [5.41, 5.74) is 0. The number of rotatable bonds is 42. The number of amides is 1. The molecule has 59 heavy (non-hydrogen) atoms. The van der Waals surface area contributed by atoms with Crippen LogP contribution in [0.3, 0.4) is 0 Å². The lowest BCUT2D eigenvalue weighted by Gasteiger charge is -2.15. The first-order chi connectivity index (χ1) is 28.8. The van der Waals surface area contributed by atoms with Gasteiger partial charge in [0.15, 0.2) is 0 Å². The predicted molar refractivity (Wildman–Crippen MR) is 247 cm³/mol. The molecule has 0 aromatic carbocycles. The summed E-state index contributed by atoms with van der Waals surface area (Å²) in [6.07, 6.45) is 56.5. The van der Waals surface area contributed by atoms with Gasteiger partial charge in [0, 0.05) is 19.4 Å². The molecule has 0 aliphatic rings. The number of aliphatic hydroxyl groups is 1. The molecule has 3 N–H and O–H groups in total. The Morgan fingerprint density at radius 2 is 0.966 bits per heavy atom. The molecule has 0 fully saturated rings. The Kier molecular flexibility index (Phi) is 42.6. The average Bonchev–Trinajstić information content (AvgIpc) is 3.22. The number of unbranched alkanes of at least 4 members (excludes halogenated alkanes) is 15. The lowest BCUT2D eigenvalue weighted by molar-refractivity contribution is -0.147. The smallest absolute Gasteiger partial charge is 0.463 e. The fraction of sp³-hybridized carbons (Fsp3) is 0.673. The summed E-state index contributed by atoms with van der Waals surface area (Å²) < 4.78 is 26.9. The molecule has 9 nitrogen and oxygen atoms in total. The van der Waals surface area contributed by atoms with Crippen molar-refractivity contribution < 1.29 is 37.9 Å². The molecule has 10 heteroatoms. The van der Waals surface area contributed by atoms with Crippen LogP contribution in [-0.4, -0.2) is 54.3 Å². The summed E-state index contributed by atoms with van der Waals surface area (Å²) in [5, 5.41) is 12.7. The number of phosphoric acid groups is 1. The fourth-order valence-corrected chi connectivity index (χ4v) is 6.60. The van der Waals surface area contributed by atoms with E-state index in [9.17, 15) is 24.2 Å². The topological polar surface area (TPSA) is 131 Å².